The number of carboxylic acids is 1. The van der Waals surface area contributed by atoms with E-state index in [1.165, 1.54) is 12.1 Å². The summed E-state index contributed by atoms with van der Waals surface area (Å²) in [5, 5.41) is 12.2. The normalized spacial score (nSPS) is 16.6. The van der Waals surface area contributed by atoms with Gasteiger partial charge in [-0.25, -0.2) is 14.2 Å². The lowest BCUT2D eigenvalue weighted by Gasteiger charge is -2.24. The van der Waals surface area contributed by atoms with E-state index in [4.69, 9.17) is 0 Å². The molecule has 2 aromatic carbocycles. The Morgan fingerprint density at radius 2 is 1.91 bits per heavy atom. The Kier molecular flexibility index (Phi) is 2.90. The monoisotopic (exact) mass is 309 g/mol. The number of halogens is 1. The predicted octanol–water partition coefficient (Wildman–Crippen LogP) is 3.16. The third-order valence-corrected chi connectivity index (χ3v) is 3.89. The summed E-state index contributed by atoms with van der Waals surface area (Å²) in [5.41, 5.74) is 2.49. The fraction of sp³-hybridized carbons (Fsp3) is 0.0588. The molecule has 1 aliphatic rings. The Labute approximate surface area is 130 Å². The first-order valence-electron chi connectivity index (χ1n) is 7.08. The topological polar surface area (TPSA) is 67.1 Å². The van der Waals surface area contributed by atoms with E-state index in [9.17, 15) is 14.3 Å². The van der Waals surface area contributed by atoms with Crippen molar-refractivity contribution in [3.05, 3.63) is 71.7 Å². The third kappa shape index (κ3) is 2.15. The maximum atomic E-state index is 13.2. The second-order valence-corrected chi connectivity index (χ2v) is 5.30. The average molecular weight is 309 g/mol. The lowest BCUT2D eigenvalue weighted by Crippen LogP contribution is -2.23. The van der Waals surface area contributed by atoms with Crippen LogP contribution < -0.4 is 5.32 Å². The highest BCUT2D eigenvalue weighted by atomic mass is 19.1. The summed E-state index contributed by atoms with van der Waals surface area (Å²) in [6, 6.07) is 13.2. The number of hydrogen-bond donors (Lipinski definition) is 2. The molecular weight excluding hydrogens is 297 g/mol. The highest BCUT2D eigenvalue weighted by Crippen LogP contribution is 2.34. The van der Waals surface area contributed by atoms with E-state index in [2.05, 4.69) is 10.3 Å². The van der Waals surface area contributed by atoms with E-state index in [1.807, 2.05) is 28.8 Å². The molecule has 2 N–H and O–H groups in total. The molecule has 6 heteroatoms. The van der Waals surface area contributed by atoms with Crippen molar-refractivity contribution in [1.82, 2.24) is 9.55 Å². The maximum Gasteiger partial charge on any atom is 0.352 e. The summed E-state index contributed by atoms with van der Waals surface area (Å²) in [6.07, 6.45) is 1.61. The number of nitrogens with one attached hydrogen (secondary N) is 1. The molecule has 3 aromatic rings. The quantitative estimate of drug-likeness (QED) is 0.763. The number of aromatic nitrogens is 2. The van der Waals surface area contributed by atoms with Crippen LogP contribution in [0.15, 0.2) is 60.3 Å². The lowest BCUT2D eigenvalue weighted by molar-refractivity contribution is -0.132. The van der Waals surface area contributed by atoms with Crippen LogP contribution in [-0.4, -0.2) is 20.6 Å². The van der Waals surface area contributed by atoms with E-state index in [0.29, 0.717) is 5.95 Å². The summed E-state index contributed by atoms with van der Waals surface area (Å²) in [4.78, 5) is 15.8. The molecule has 0 spiro atoms. The minimum atomic E-state index is -1.06. The Morgan fingerprint density at radius 1 is 1.17 bits per heavy atom. The number of fused-ring (bicyclic) bond motifs is 3. The van der Waals surface area contributed by atoms with Crippen LogP contribution in [0.3, 0.4) is 0 Å². The third-order valence-electron chi connectivity index (χ3n) is 3.89. The van der Waals surface area contributed by atoms with Crippen LogP contribution >= 0.6 is 0 Å². The van der Waals surface area contributed by atoms with Crippen LogP contribution in [0.25, 0.3) is 11.0 Å². The van der Waals surface area contributed by atoms with Crippen molar-refractivity contribution in [1.29, 1.82) is 0 Å². The van der Waals surface area contributed by atoms with Gasteiger partial charge in [-0.3, -0.25) is 4.57 Å². The molecule has 0 radical (unpaired) electrons. The second-order valence-electron chi connectivity index (χ2n) is 5.30. The van der Waals surface area contributed by atoms with Crippen LogP contribution in [-0.2, 0) is 4.79 Å². The molecule has 0 saturated carbocycles. The average Bonchev–Trinajstić information content (AvgIpc) is 2.93. The van der Waals surface area contributed by atoms with Gasteiger partial charge in [0, 0.05) is 0 Å². The first-order valence-corrected chi connectivity index (χ1v) is 7.08. The molecule has 1 unspecified atom stereocenters. The highest BCUT2D eigenvalue weighted by Gasteiger charge is 2.26. The van der Waals surface area contributed by atoms with E-state index in [0.717, 1.165) is 16.6 Å². The molecular formula is C17H12FN3O2. The Hall–Kier alpha value is -3.15. The molecule has 23 heavy (non-hydrogen) atoms. The number of carbonyl (C=O) groups is 1. The minimum absolute atomic E-state index is 0.0575. The smallest absolute Gasteiger partial charge is 0.352 e. The zero-order valence-electron chi connectivity index (χ0n) is 11.9. The molecule has 0 aliphatic carbocycles. The molecule has 1 aliphatic heterocycles. The summed E-state index contributed by atoms with van der Waals surface area (Å²) in [5.74, 6) is -0.934. The van der Waals surface area contributed by atoms with Gasteiger partial charge in [-0.05, 0) is 35.9 Å². The van der Waals surface area contributed by atoms with E-state index < -0.39 is 5.97 Å². The summed E-state index contributed by atoms with van der Waals surface area (Å²) < 4.78 is 15.1. The zero-order chi connectivity index (χ0) is 16.0. The van der Waals surface area contributed by atoms with Crippen molar-refractivity contribution < 1.29 is 14.3 Å². The Morgan fingerprint density at radius 3 is 2.65 bits per heavy atom. The molecule has 2 heterocycles. The van der Waals surface area contributed by atoms with Crippen LogP contribution in [0.4, 0.5) is 10.3 Å². The van der Waals surface area contributed by atoms with Gasteiger partial charge in [0.05, 0.1) is 17.1 Å². The molecule has 0 saturated heterocycles. The van der Waals surface area contributed by atoms with Gasteiger partial charge in [-0.15, -0.1) is 0 Å². The zero-order valence-corrected chi connectivity index (χ0v) is 11.9. The standard InChI is InChI=1S/C17H12FN3O2/c18-11-7-5-10(6-8-11)15-9-13(16(22)23)20-17-19-12-3-1-2-4-14(12)21(15)17/h1-9,15H,(H,19,20)(H,22,23). The molecule has 0 fully saturated rings. The highest BCUT2D eigenvalue weighted by molar-refractivity contribution is 5.92. The number of hydrogen-bond acceptors (Lipinski definition) is 3. The lowest BCUT2D eigenvalue weighted by atomic mass is 10.0. The van der Waals surface area contributed by atoms with Crippen LogP contribution in [0.2, 0.25) is 0 Å². The largest absolute Gasteiger partial charge is 0.477 e. The van der Waals surface area contributed by atoms with Gasteiger partial charge in [0.2, 0.25) is 5.95 Å². The Balaban J connectivity index is 1.95. The summed E-state index contributed by atoms with van der Waals surface area (Å²) in [6.45, 7) is 0. The fourth-order valence-corrected chi connectivity index (χ4v) is 2.84. The SMILES string of the molecule is O=C(O)C1=CC(c2ccc(F)cc2)n2c(nc3ccccc32)N1. The number of aliphatic carboxylic acids is 1. The van der Waals surface area contributed by atoms with Crippen molar-refractivity contribution in [3.8, 4) is 0 Å². The number of allylic oxidation sites excluding steroid dienone is 1. The van der Waals surface area contributed by atoms with Gasteiger partial charge < -0.3 is 10.4 Å². The van der Waals surface area contributed by atoms with Gasteiger partial charge in [0.25, 0.3) is 0 Å². The maximum absolute atomic E-state index is 13.2. The molecule has 0 bridgehead atoms. The van der Waals surface area contributed by atoms with Crippen molar-refractivity contribution in [2.24, 2.45) is 0 Å². The van der Waals surface area contributed by atoms with Crippen molar-refractivity contribution in [2.75, 3.05) is 5.32 Å². The minimum Gasteiger partial charge on any atom is -0.477 e. The van der Waals surface area contributed by atoms with Crippen molar-refractivity contribution in [2.45, 2.75) is 6.04 Å². The van der Waals surface area contributed by atoms with Crippen molar-refractivity contribution in [3.63, 3.8) is 0 Å². The van der Waals surface area contributed by atoms with E-state index in [1.54, 1.807) is 18.2 Å². The molecule has 1 atom stereocenters. The van der Waals surface area contributed by atoms with Gasteiger partial charge in [-0.1, -0.05) is 24.3 Å². The number of imidazole rings is 1. The number of para-hydroxylation sites is 2. The Bertz CT molecular complexity index is 944. The molecule has 0 amide bonds. The molecule has 4 rings (SSSR count). The first-order chi connectivity index (χ1) is 11.1. The number of rotatable bonds is 2. The molecule has 114 valence electrons. The van der Waals surface area contributed by atoms with Crippen LogP contribution in [0.1, 0.15) is 11.6 Å². The van der Waals surface area contributed by atoms with Crippen molar-refractivity contribution >= 4 is 23.0 Å². The van der Waals surface area contributed by atoms with Gasteiger partial charge in [0.15, 0.2) is 0 Å². The van der Waals surface area contributed by atoms with Crippen LogP contribution in [0.5, 0.6) is 0 Å². The number of benzene rings is 2. The van der Waals surface area contributed by atoms with Gasteiger partial charge in [0.1, 0.15) is 11.5 Å². The van der Waals surface area contributed by atoms with Gasteiger partial charge in [-0.2, -0.15) is 0 Å². The first kappa shape index (κ1) is 13.5. The second kappa shape index (κ2) is 4.95. The van der Waals surface area contributed by atoms with E-state index >= 15 is 0 Å². The number of carboxylic acid groups (broad SMARTS) is 1. The van der Waals surface area contributed by atoms with E-state index in [-0.39, 0.29) is 17.6 Å². The summed E-state index contributed by atoms with van der Waals surface area (Å²) >= 11 is 0. The predicted molar refractivity (Wildman–Crippen MR) is 83.6 cm³/mol. The fourth-order valence-electron chi connectivity index (χ4n) is 2.84. The van der Waals surface area contributed by atoms with Gasteiger partial charge >= 0.3 is 5.97 Å². The van der Waals surface area contributed by atoms with Crippen LogP contribution in [0, 0.1) is 5.82 Å². The number of nitrogens with zero attached hydrogens (tertiary/aromatic N) is 2. The molecule has 5 nitrogen and oxygen atoms in total. The molecule has 1 aromatic heterocycles. The summed E-state index contributed by atoms with van der Waals surface area (Å²) in [7, 11) is 0. The number of anilines is 1.